The van der Waals surface area contributed by atoms with E-state index in [2.05, 4.69) is 0 Å². The summed E-state index contributed by atoms with van der Waals surface area (Å²) in [7, 11) is -9.89. The molecule has 0 N–H and O–H groups in total. The van der Waals surface area contributed by atoms with Crippen molar-refractivity contribution in [2.45, 2.75) is 155 Å². The van der Waals surface area contributed by atoms with Gasteiger partial charge in [-0.25, -0.2) is 52.8 Å². The molecule has 3 fully saturated rings. The normalized spacial score (nSPS) is 13.4. The number of nitrogens with zero attached hydrogens (tertiary/aromatic N) is 3. The average Bonchev–Trinajstić information content (AvgIpc) is 1.70. The standard InChI is InChI=1S/3C29H27FINO5S.CH3FS.CH3.W/c3*1-15-19(14-38(4,35)36)6-5-7-22(15)25-17(3)32(21-10-11-21)28(33)26-23(16(2)29(34)37-27(25)26)12-18-8-9-20(31)13-24(18)30;1-3-2;;/h3*5-9,13,21H,10-12,14H2,1-4H3;1H3;1H3;/q;;;;-1;. The first kappa shape index (κ1) is 93.9. The number of fused-ring (bicyclic) bond motifs is 3. The Morgan fingerprint density at radius 3 is 0.815 bits per heavy atom. The predicted molar refractivity (Wildman–Crippen MR) is 486 cm³/mol. The van der Waals surface area contributed by atoms with Gasteiger partial charge in [0.05, 0.1) is 33.4 Å². The summed E-state index contributed by atoms with van der Waals surface area (Å²) in [5.41, 5.74) is 11.1. The van der Waals surface area contributed by atoms with Gasteiger partial charge in [0.1, 0.15) is 17.5 Å². The Bertz CT molecular complexity index is 6240. The number of hydrogen-bond acceptors (Lipinski definition) is 16. The van der Waals surface area contributed by atoms with Crippen LogP contribution in [0.1, 0.15) is 157 Å². The second-order valence-electron chi connectivity index (χ2n) is 30.6. The Kier molecular flexibility index (Phi) is 29.5. The zero-order valence-electron chi connectivity index (χ0n) is 67.8. The van der Waals surface area contributed by atoms with Crippen LogP contribution in [0.4, 0.5) is 17.1 Å². The molecule has 6 heterocycles. The number of benzene rings is 6. The Hall–Kier alpha value is -7.40. The SMILES string of the molecule is CSF.Cc1c(CS(C)(=O)=O)cccc1-c1c(C)n(C2CC2)c(=O)c2c(Cc3ccc(I)cc3F)c(C)c(=O)oc12.Cc1c(CS(C)(=O)=O)cccc1-c1c(C)n(C2CC2)c(=O)c2c(Cc3ccc(I)cc3F)c(C)c(=O)oc12.Cc1c(CS(C)(=O)=O)cccc1-c1c(C)n(C2CC2)c(=O)c2c(Cc3ccc(I)cc3F)c(C)c(=O)oc12.[CH3-].[W]. The van der Waals surface area contributed by atoms with Crippen molar-refractivity contribution >= 4 is 142 Å². The van der Waals surface area contributed by atoms with Crippen LogP contribution in [0.2, 0.25) is 0 Å². The molecule has 12 aromatic rings. The molecule has 0 saturated heterocycles. The Balaban J connectivity index is 0.000000183. The molecule has 0 bridgehead atoms. The Morgan fingerprint density at radius 2 is 0.613 bits per heavy atom. The summed E-state index contributed by atoms with van der Waals surface area (Å²) in [5.74, 6) is -1.61. The topological polar surface area (TPSA) is 259 Å². The van der Waals surface area contributed by atoms with Crippen molar-refractivity contribution in [1.82, 2.24) is 13.7 Å². The van der Waals surface area contributed by atoms with Gasteiger partial charge in [-0.05, 0) is 288 Å². The van der Waals surface area contributed by atoms with E-state index in [4.69, 9.17) is 13.3 Å². The van der Waals surface area contributed by atoms with Gasteiger partial charge in [-0.3, -0.25) is 14.4 Å². The van der Waals surface area contributed by atoms with Crippen LogP contribution >= 0.6 is 79.9 Å². The summed E-state index contributed by atoms with van der Waals surface area (Å²) in [6, 6.07) is 30.9. The molecule has 3 aliphatic carbocycles. The molecule has 0 aliphatic heterocycles. The molecule has 0 radical (unpaired) electrons. The fraction of sp³-hybridized carbons (Fsp3) is 0.315. The van der Waals surface area contributed by atoms with Gasteiger partial charge in [-0.1, -0.05) is 72.8 Å². The minimum absolute atomic E-state index is 0. The zero-order chi connectivity index (χ0) is 85.3. The van der Waals surface area contributed by atoms with Gasteiger partial charge < -0.3 is 34.4 Å². The molecule has 3 saturated carbocycles. The van der Waals surface area contributed by atoms with Crippen LogP contribution in [0.15, 0.2) is 151 Å². The molecule has 0 unspecified atom stereocenters. The summed E-state index contributed by atoms with van der Waals surface area (Å²) >= 11 is 6.36. The number of halogens is 7. The van der Waals surface area contributed by atoms with E-state index in [1.54, 1.807) is 107 Å². The van der Waals surface area contributed by atoms with E-state index >= 15 is 0 Å². The maximum absolute atomic E-state index is 14.9. The minimum Gasteiger partial charge on any atom is -0.422 e. The summed E-state index contributed by atoms with van der Waals surface area (Å²) in [6.07, 6.45) is 10.3. The van der Waals surface area contributed by atoms with Crippen molar-refractivity contribution in [2.75, 3.05) is 25.0 Å². The summed E-state index contributed by atoms with van der Waals surface area (Å²) < 4.78 is 152. The van der Waals surface area contributed by atoms with Crippen LogP contribution in [-0.4, -0.2) is 64.0 Å². The van der Waals surface area contributed by atoms with Crippen molar-refractivity contribution in [2.24, 2.45) is 0 Å². The summed E-state index contributed by atoms with van der Waals surface area (Å²) in [5, 5.41) is 0.793. The summed E-state index contributed by atoms with van der Waals surface area (Å²) in [4.78, 5) is 81.3. The van der Waals surface area contributed by atoms with Gasteiger partial charge in [0, 0.05) is 157 Å². The molecule has 0 spiro atoms. The number of pyridine rings is 3. The van der Waals surface area contributed by atoms with Gasteiger partial charge in [-0.2, -0.15) is 3.89 Å². The maximum atomic E-state index is 14.9. The quantitative estimate of drug-likeness (QED) is 0.0439. The molecule has 0 atom stereocenters. The monoisotopic (exact) mass is 2210 g/mol. The van der Waals surface area contributed by atoms with Crippen LogP contribution < -0.4 is 33.6 Å². The van der Waals surface area contributed by atoms with Gasteiger partial charge in [0.2, 0.25) is 0 Å². The molecule has 0 amide bonds. The molecule has 18 nitrogen and oxygen atoms in total. The van der Waals surface area contributed by atoms with Crippen molar-refractivity contribution < 1.29 is 76.6 Å². The third kappa shape index (κ3) is 20.3. The van der Waals surface area contributed by atoms with E-state index in [9.17, 15) is 71.1 Å². The molecule has 6 aromatic heterocycles. The second kappa shape index (κ2) is 37.3. The van der Waals surface area contributed by atoms with Crippen molar-refractivity contribution in [3.8, 4) is 33.4 Å². The first-order chi connectivity index (χ1) is 55.0. The van der Waals surface area contributed by atoms with E-state index in [1.807, 2.05) is 128 Å². The van der Waals surface area contributed by atoms with Crippen LogP contribution in [0.25, 0.3) is 66.3 Å². The molecule has 30 heteroatoms. The van der Waals surface area contributed by atoms with Crippen LogP contribution in [0, 0.1) is 97.9 Å². The van der Waals surface area contributed by atoms with E-state index in [1.165, 1.54) is 43.2 Å². The van der Waals surface area contributed by atoms with E-state index in [0.717, 1.165) is 65.9 Å². The maximum Gasteiger partial charge on any atom is 0.339 e. The molecule has 119 heavy (non-hydrogen) atoms. The van der Waals surface area contributed by atoms with E-state index in [0.29, 0.717) is 101 Å². The molecular formula is C89H87F4I3N3O15S4W-. The average molecular weight is 2210 g/mol. The smallest absolute Gasteiger partial charge is 0.339 e. The zero-order valence-corrected chi connectivity index (χ0v) is 80.4. The molecule has 628 valence electrons. The minimum atomic E-state index is -3.30. The van der Waals surface area contributed by atoms with Crippen LogP contribution in [0.5, 0.6) is 0 Å². The van der Waals surface area contributed by atoms with E-state index in [-0.39, 0.29) is 162 Å². The second-order valence-corrected chi connectivity index (χ2v) is 41.0. The van der Waals surface area contributed by atoms with Crippen molar-refractivity contribution in [3.05, 3.63) is 308 Å². The molecular weight excluding hydrogens is 2120 g/mol. The summed E-state index contributed by atoms with van der Waals surface area (Å²) in [6.45, 7) is 15.8. The molecule has 6 aromatic carbocycles. The number of aromatic nitrogens is 3. The first-order valence-corrected chi connectivity index (χ1v) is 48.0. The molecule has 3 aliphatic rings. The van der Waals surface area contributed by atoms with Gasteiger partial charge in [0.15, 0.2) is 46.3 Å². The Labute approximate surface area is 746 Å². The van der Waals surface area contributed by atoms with Crippen LogP contribution in [-0.2, 0) is 87.1 Å². The third-order valence-electron chi connectivity index (χ3n) is 21.9. The number of sulfone groups is 3. The first-order valence-electron chi connectivity index (χ1n) is 37.4. The number of rotatable bonds is 18. The predicted octanol–water partition coefficient (Wildman–Crippen LogP) is 19.0. The van der Waals surface area contributed by atoms with Gasteiger partial charge in [-0.15, -0.1) is 0 Å². The molecule has 15 rings (SSSR count). The van der Waals surface area contributed by atoms with Gasteiger partial charge >= 0.3 is 16.9 Å². The Morgan fingerprint density at radius 1 is 0.387 bits per heavy atom. The largest absolute Gasteiger partial charge is 0.422 e. The van der Waals surface area contributed by atoms with Crippen LogP contribution in [0.3, 0.4) is 0 Å². The van der Waals surface area contributed by atoms with Crippen molar-refractivity contribution in [1.29, 1.82) is 0 Å². The fourth-order valence-corrected chi connectivity index (χ4v) is 19.6. The third-order valence-corrected chi connectivity index (χ3v) is 26.4. The number of hydrogen-bond donors (Lipinski definition) is 0. The van der Waals surface area contributed by atoms with E-state index < -0.39 is 63.8 Å². The van der Waals surface area contributed by atoms with Crippen molar-refractivity contribution in [3.63, 3.8) is 0 Å². The van der Waals surface area contributed by atoms with Gasteiger partial charge in [0.25, 0.3) is 16.7 Å². The fourth-order valence-electron chi connectivity index (χ4n) is 15.6.